The highest BCUT2D eigenvalue weighted by molar-refractivity contribution is 7.98. The molecule has 0 amide bonds. The number of oxazole rings is 1. The van der Waals surface area contributed by atoms with Gasteiger partial charge in [-0.2, -0.15) is 0 Å². The lowest BCUT2D eigenvalue weighted by Crippen LogP contribution is -1.89. The van der Waals surface area contributed by atoms with E-state index in [4.69, 9.17) is 27.6 Å². The predicted molar refractivity (Wildman–Crippen MR) is 69.8 cm³/mol. The SMILES string of the molecule is Cc1nc(SCc2nc(Cl)ccc2Cl)oc1C. The quantitative estimate of drug-likeness (QED) is 0.624. The van der Waals surface area contributed by atoms with Crippen LogP contribution in [0, 0.1) is 13.8 Å². The lowest BCUT2D eigenvalue weighted by atomic mass is 10.4. The summed E-state index contributed by atoms with van der Waals surface area (Å²) in [4.78, 5) is 8.43. The molecule has 0 fully saturated rings. The standard InChI is InChI=1S/C11H10Cl2N2OS/c1-6-7(2)16-11(14-6)17-5-9-8(12)3-4-10(13)15-9/h3-4H,5H2,1-2H3. The van der Waals surface area contributed by atoms with Gasteiger partial charge in [-0.15, -0.1) is 0 Å². The molecule has 2 heterocycles. The maximum absolute atomic E-state index is 6.01. The number of pyridine rings is 1. The molecule has 0 radical (unpaired) electrons. The summed E-state index contributed by atoms with van der Waals surface area (Å²) < 4.78 is 5.45. The van der Waals surface area contributed by atoms with Crippen molar-refractivity contribution in [3.8, 4) is 0 Å². The second kappa shape index (κ2) is 5.29. The van der Waals surface area contributed by atoms with Crippen LogP contribution in [0.5, 0.6) is 0 Å². The largest absolute Gasteiger partial charge is 0.437 e. The summed E-state index contributed by atoms with van der Waals surface area (Å²) in [5.74, 6) is 1.41. The number of halogens is 2. The van der Waals surface area contributed by atoms with Crippen LogP contribution in [0.15, 0.2) is 21.8 Å². The van der Waals surface area contributed by atoms with Gasteiger partial charge >= 0.3 is 0 Å². The maximum atomic E-state index is 6.01. The molecule has 0 aliphatic carbocycles. The highest BCUT2D eigenvalue weighted by atomic mass is 35.5. The van der Waals surface area contributed by atoms with Gasteiger partial charge in [0.05, 0.1) is 16.4 Å². The lowest BCUT2D eigenvalue weighted by molar-refractivity contribution is 0.431. The zero-order valence-corrected chi connectivity index (χ0v) is 11.7. The Morgan fingerprint density at radius 2 is 2.00 bits per heavy atom. The Bertz CT molecular complexity index is 523. The van der Waals surface area contributed by atoms with E-state index in [-0.39, 0.29) is 0 Å². The molecular formula is C11H10Cl2N2OS. The first-order valence-corrected chi connectivity index (χ1v) is 6.68. The summed E-state index contributed by atoms with van der Waals surface area (Å²) in [6, 6.07) is 3.40. The van der Waals surface area contributed by atoms with Gasteiger partial charge in [-0.3, -0.25) is 0 Å². The van der Waals surface area contributed by atoms with Crippen molar-refractivity contribution in [1.82, 2.24) is 9.97 Å². The average Bonchev–Trinajstić information content (AvgIpc) is 2.60. The fourth-order valence-corrected chi connectivity index (χ4v) is 2.48. The fourth-order valence-electron chi connectivity index (χ4n) is 1.19. The second-order valence-corrected chi connectivity index (χ2v) is 5.19. The molecule has 0 aliphatic rings. The Hall–Kier alpha value is -0.710. The highest BCUT2D eigenvalue weighted by Gasteiger charge is 2.09. The van der Waals surface area contributed by atoms with Crippen molar-refractivity contribution in [1.29, 1.82) is 0 Å². The molecule has 2 rings (SSSR count). The first kappa shape index (κ1) is 12.7. The highest BCUT2D eigenvalue weighted by Crippen LogP contribution is 2.27. The van der Waals surface area contributed by atoms with Crippen LogP contribution in [-0.4, -0.2) is 9.97 Å². The van der Waals surface area contributed by atoms with Crippen molar-refractivity contribution in [2.45, 2.75) is 24.8 Å². The summed E-state index contributed by atoms with van der Waals surface area (Å²) >= 11 is 13.3. The number of hydrogen-bond acceptors (Lipinski definition) is 4. The third-order valence-electron chi connectivity index (χ3n) is 2.23. The smallest absolute Gasteiger partial charge is 0.256 e. The van der Waals surface area contributed by atoms with Gasteiger partial charge in [0.2, 0.25) is 0 Å². The van der Waals surface area contributed by atoms with Gasteiger partial charge < -0.3 is 4.42 Å². The number of aromatic nitrogens is 2. The molecule has 0 unspecified atom stereocenters. The molecule has 3 nitrogen and oxygen atoms in total. The van der Waals surface area contributed by atoms with E-state index in [1.165, 1.54) is 11.8 Å². The predicted octanol–water partition coefficient (Wildman–Crippen LogP) is 4.29. The van der Waals surface area contributed by atoms with E-state index >= 15 is 0 Å². The van der Waals surface area contributed by atoms with Crippen molar-refractivity contribution < 1.29 is 4.42 Å². The van der Waals surface area contributed by atoms with Crippen LogP contribution < -0.4 is 0 Å². The number of hydrogen-bond donors (Lipinski definition) is 0. The minimum Gasteiger partial charge on any atom is -0.437 e. The molecule has 0 atom stereocenters. The van der Waals surface area contributed by atoms with Crippen molar-refractivity contribution in [2.24, 2.45) is 0 Å². The normalized spacial score (nSPS) is 10.8. The fraction of sp³-hybridized carbons (Fsp3) is 0.273. The molecule has 6 heteroatoms. The van der Waals surface area contributed by atoms with Gasteiger partial charge in [0.1, 0.15) is 10.9 Å². The third-order valence-corrected chi connectivity index (χ3v) is 3.62. The molecule has 0 bridgehead atoms. The Morgan fingerprint density at radius 3 is 2.65 bits per heavy atom. The Kier molecular flexibility index (Phi) is 3.97. The van der Waals surface area contributed by atoms with Crippen LogP contribution in [0.3, 0.4) is 0 Å². The van der Waals surface area contributed by atoms with Crippen LogP contribution in [-0.2, 0) is 5.75 Å². The van der Waals surface area contributed by atoms with Gasteiger partial charge in [0.15, 0.2) is 0 Å². The van der Waals surface area contributed by atoms with Gasteiger partial charge in [0.25, 0.3) is 5.22 Å². The molecule has 0 spiro atoms. The molecule has 0 N–H and O–H groups in total. The Labute approximate surface area is 114 Å². The molecule has 0 saturated carbocycles. The van der Waals surface area contributed by atoms with Gasteiger partial charge in [-0.05, 0) is 26.0 Å². The Balaban J connectivity index is 2.09. The number of rotatable bonds is 3. The van der Waals surface area contributed by atoms with Crippen molar-refractivity contribution in [2.75, 3.05) is 0 Å². The van der Waals surface area contributed by atoms with E-state index in [0.29, 0.717) is 21.2 Å². The first-order chi connectivity index (χ1) is 8.06. The van der Waals surface area contributed by atoms with Crippen LogP contribution in [0.1, 0.15) is 17.1 Å². The Morgan fingerprint density at radius 1 is 1.24 bits per heavy atom. The van der Waals surface area contributed by atoms with Crippen LogP contribution in [0.4, 0.5) is 0 Å². The molecule has 0 aliphatic heterocycles. The molecule has 2 aromatic heterocycles. The van der Waals surface area contributed by atoms with Gasteiger partial charge in [-0.25, -0.2) is 9.97 Å². The molecule has 2 aromatic rings. The molecule has 17 heavy (non-hydrogen) atoms. The van der Waals surface area contributed by atoms with E-state index in [1.54, 1.807) is 12.1 Å². The van der Waals surface area contributed by atoms with Crippen LogP contribution in [0.25, 0.3) is 0 Å². The summed E-state index contributed by atoms with van der Waals surface area (Å²) in [5, 5.41) is 1.66. The monoisotopic (exact) mass is 288 g/mol. The molecule has 0 aromatic carbocycles. The van der Waals surface area contributed by atoms with Gasteiger partial charge in [-0.1, -0.05) is 35.0 Å². The van der Waals surface area contributed by atoms with E-state index in [2.05, 4.69) is 9.97 Å². The lowest BCUT2D eigenvalue weighted by Gasteiger charge is -2.01. The summed E-state index contributed by atoms with van der Waals surface area (Å²) in [7, 11) is 0. The van der Waals surface area contributed by atoms with E-state index < -0.39 is 0 Å². The van der Waals surface area contributed by atoms with Crippen molar-refractivity contribution in [3.63, 3.8) is 0 Å². The number of nitrogens with zero attached hydrogens (tertiary/aromatic N) is 2. The van der Waals surface area contributed by atoms with Crippen LogP contribution >= 0.6 is 35.0 Å². The van der Waals surface area contributed by atoms with E-state index in [9.17, 15) is 0 Å². The molecule has 0 saturated heterocycles. The first-order valence-electron chi connectivity index (χ1n) is 4.94. The summed E-state index contributed by atoms with van der Waals surface area (Å²) in [6.07, 6.45) is 0. The van der Waals surface area contributed by atoms with Gasteiger partial charge in [0, 0.05) is 5.75 Å². The van der Waals surface area contributed by atoms with E-state index in [1.807, 2.05) is 13.8 Å². The molecular weight excluding hydrogens is 279 g/mol. The zero-order chi connectivity index (χ0) is 12.4. The summed E-state index contributed by atoms with van der Waals surface area (Å²) in [5.41, 5.74) is 1.63. The van der Waals surface area contributed by atoms with Crippen molar-refractivity contribution >= 4 is 35.0 Å². The third kappa shape index (κ3) is 3.15. The zero-order valence-electron chi connectivity index (χ0n) is 9.33. The number of aryl methyl sites for hydroxylation is 2. The second-order valence-electron chi connectivity index (χ2n) is 3.47. The minimum atomic E-state index is 0.435. The molecule has 90 valence electrons. The maximum Gasteiger partial charge on any atom is 0.256 e. The number of thioether (sulfide) groups is 1. The topological polar surface area (TPSA) is 38.9 Å². The minimum absolute atomic E-state index is 0.435. The summed E-state index contributed by atoms with van der Waals surface area (Å²) in [6.45, 7) is 3.80. The van der Waals surface area contributed by atoms with Crippen molar-refractivity contribution in [3.05, 3.63) is 39.5 Å². The van der Waals surface area contributed by atoms with E-state index in [0.717, 1.165) is 17.1 Å². The average molecular weight is 289 g/mol. The van der Waals surface area contributed by atoms with Crippen LogP contribution in [0.2, 0.25) is 10.2 Å².